The van der Waals surface area contributed by atoms with Crippen LogP contribution in [0.2, 0.25) is 0 Å². The van der Waals surface area contributed by atoms with Gasteiger partial charge in [0.15, 0.2) is 0 Å². The Morgan fingerprint density at radius 1 is 1.26 bits per heavy atom. The Bertz CT molecular complexity index is 361. The molecular formula is C13H20N2O4. The second-order valence-corrected chi connectivity index (χ2v) is 4.62. The minimum Gasteiger partial charge on any atom is -0.394 e. The number of rotatable bonds is 8. The molecule has 19 heavy (non-hydrogen) atoms. The Morgan fingerprint density at radius 3 is 2.47 bits per heavy atom. The topological polar surface area (TPSA) is 86.7 Å². The fraction of sp³-hybridized carbons (Fsp3) is 0.615. The van der Waals surface area contributed by atoms with Gasteiger partial charge < -0.3 is 10.4 Å². The van der Waals surface area contributed by atoms with Gasteiger partial charge in [-0.15, -0.1) is 0 Å². The predicted octanol–water partition coefficient (Wildman–Crippen LogP) is -0.0312. The van der Waals surface area contributed by atoms with Crippen molar-refractivity contribution < 1.29 is 19.5 Å². The molecule has 0 aromatic heterocycles. The molecule has 6 heteroatoms. The molecule has 0 fully saturated rings. The van der Waals surface area contributed by atoms with Gasteiger partial charge in [0, 0.05) is 31.2 Å². The zero-order valence-corrected chi connectivity index (χ0v) is 11.1. The number of nitrogens with one attached hydrogen (secondary N) is 1. The molecule has 106 valence electrons. The van der Waals surface area contributed by atoms with Crippen LogP contribution in [-0.4, -0.2) is 46.9 Å². The Balaban J connectivity index is 2.07. The first-order valence-corrected chi connectivity index (χ1v) is 6.48. The Labute approximate surface area is 112 Å². The quantitative estimate of drug-likeness (QED) is 0.478. The van der Waals surface area contributed by atoms with Gasteiger partial charge in [-0.1, -0.05) is 6.42 Å². The molecule has 1 aliphatic heterocycles. The van der Waals surface area contributed by atoms with E-state index >= 15 is 0 Å². The van der Waals surface area contributed by atoms with Gasteiger partial charge >= 0.3 is 0 Å². The van der Waals surface area contributed by atoms with Gasteiger partial charge in [0.05, 0.1) is 6.61 Å². The summed E-state index contributed by atoms with van der Waals surface area (Å²) in [6, 6.07) is -0.224. The van der Waals surface area contributed by atoms with Crippen molar-refractivity contribution in [1.29, 1.82) is 0 Å². The zero-order valence-electron chi connectivity index (χ0n) is 11.1. The summed E-state index contributed by atoms with van der Waals surface area (Å²) < 4.78 is 0. The predicted molar refractivity (Wildman–Crippen MR) is 69.0 cm³/mol. The van der Waals surface area contributed by atoms with Gasteiger partial charge in [-0.05, 0) is 19.8 Å². The summed E-state index contributed by atoms with van der Waals surface area (Å²) in [6.07, 6.45) is 5.11. The standard InChI is InChI=1S/C13H20N2O4/c1-10(9-16)14-11(17)5-3-2-4-8-15-12(18)6-7-13(15)19/h6-7,10,16H,2-5,8-9H2,1H3,(H,14,17). The van der Waals surface area contributed by atoms with Crippen LogP contribution in [0.3, 0.4) is 0 Å². The van der Waals surface area contributed by atoms with Gasteiger partial charge in [-0.2, -0.15) is 0 Å². The second-order valence-electron chi connectivity index (χ2n) is 4.62. The van der Waals surface area contributed by atoms with E-state index in [9.17, 15) is 14.4 Å². The normalized spacial score (nSPS) is 16.0. The molecular weight excluding hydrogens is 248 g/mol. The van der Waals surface area contributed by atoms with E-state index in [2.05, 4.69) is 5.32 Å². The van der Waals surface area contributed by atoms with E-state index in [-0.39, 0.29) is 30.4 Å². The first-order valence-electron chi connectivity index (χ1n) is 6.48. The van der Waals surface area contributed by atoms with Crippen molar-refractivity contribution in [3.63, 3.8) is 0 Å². The van der Waals surface area contributed by atoms with Crippen LogP contribution in [0.15, 0.2) is 12.2 Å². The number of carbonyl (C=O) groups excluding carboxylic acids is 3. The molecule has 1 aliphatic rings. The average Bonchev–Trinajstić information content (AvgIpc) is 2.69. The van der Waals surface area contributed by atoms with E-state index < -0.39 is 0 Å². The van der Waals surface area contributed by atoms with Crippen LogP contribution in [0.25, 0.3) is 0 Å². The highest BCUT2D eigenvalue weighted by Gasteiger charge is 2.22. The molecule has 3 amide bonds. The number of aliphatic hydroxyl groups is 1. The fourth-order valence-electron chi connectivity index (χ4n) is 1.78. The van der Waals surface area contributed by atoms with Crippen molar-refractivity contribution in [2.24, 2.45) is 0 Å². The molecule has 2 N–H and O–H groups in total. The molecule has 0 saturated carbocycles. The molecule has 1 atom stereocenters. The summed E-state index contributed by atoms with van der Waals surface area (Å²) in [6.45, 7) is 2.06. The Hall–Kier alpha value is -1.69. The number of imide groups is 1. The molecule has 6 nitrogen and oxygen atoms in total. The van der Waals surface area contributed by atoms with Crippen LogP contribution in [0.5, 0.6) is 0 Å². The number of aliphatic hydroxyl groups excluding tert-OH is 1. The summed E-state index contributed by atoms with van der Waals surface area (Å²) in [5.41, 5.74) is 0. The highest BCUT2D eigenvalue weighted by atomic mass is 16.3. The van der Waals surface area contributed by atoms with Crippen LogP contribution in [0.1, 0.15) is 32.6 Å². The highest BCUT2D eigenvalue weighted by molar-refractivity contribution is 6.12. The molecule has 1 unspecified atom stereocenters. The summed E-state index contributed by atoms with van der Waals surface area (Å²) >= 11 is 0. The minimum atomic E-state index is -0.264. The molecule has 0 bridgehead atoms. The van der Waals surface area contributed by atoms with Crippen molar-refractivity contribution in [1.82, 2.24) is 10.2 Å². The molecule has 0 aliphatic carbocycles. The molecule has 0 radical (unpaired) electrons. The van der Waals surface area contributed by atoms with Crippen molar-refractivity contribution in [2.45, 2.75) is 38.6 Å². The average molecular weight is 268 g/mol. The van der Waals surface area contributed by atoms with Gasteiger partial charge in [0.25, 0.3) is 11.8 Å². The molecule has 1 rings (SSSR count). The lowest BCUT2D eigenvalue weighted by Crippen LogP contribution is -2.34. The van der Waals surface area contributed by atoms with Crippen LogP contribution < -0.4 is 5.32 Å². The molecule has 0 saturated heterocycles. The maximum atomic E-state index is 11.4. The molecule has 1 heterocycles. The van der Waals surface area contributed by atoms with Crippen LogP contribution in [-0.2, 0) is 14.4 Å². The van der Waals surface area contributed by atoms with Crippen LogP contribution >= 0.6 is 0 Å². The van der Waals surface area contributed by atoms with Gasteiger partial charge in [0.1, 0.15) is 0 Å². The van der Waals surface area contributed by atoms with Crippen LogP contribution in [0, 0.1) is 0 Å². The first kappa shape index (κ1) is 15.4. The van der Waals surface area contributed by atoms with E-state index in [1.807, 2.05) is 0 Å². The number of hydrogen-bond donors (Lipinski definition) is 2. The van der Waals surface area contributed by atoms with E-state index in [1.165, 1.54) is 17.1 Å². The SMILES string of the molecule is CC(CO)NC(=O)CCCCCN1C(=O)C=CC1=O. The lowest BCUT2D eigenvalue weighted by atomic mass is 10.1. The van der Waals surface area contributed by atoms with Gasteiger partial charge in [0.2, 0.25) is 5.91 Å². The smallest absolute Gasteiger partial charge is 0.253 e. The number of carbonyl (C=O) groups is 3. The van der Waals surface area contributed by atoms with E-state index in [4.69, 9.17) is 5.11 Å². The largest absolute Gasteiger partial charge is 0.394 e. The molecule has 0 aromatic carbocycles. The van der Waals surface area contributed by atoms with E-state index in [0.717, 1.165) is 6.42 Å². The van der Waals surface area contributed by atoms with Crippen molar-refractivity contribution >= 4 is 17.7 Å². The maximum absolute atomic E-state index is 11.4. The van der Waals surface area contributed by atoms with E-state index in [1.54, 1.807) is 6.92 Å². The summed E-state index contributed by atoms with van der Waals surface area (Å²) in [5, 5.41) is 11.4. The third-order valence-corrected chi connectivity index (χ3v) is 2.87. The van der Waals surface area contributed by atoms with Gasteiger partial charge in [-0.3, -0.25) is 19.3 Å². The third kappa shape index (κ3) is 5.21. The minimum absolute atomic E-state index is 0.0715. The Kier molecular flexibility index (Phi) is 6.21. The van der Waals surface area contributed by atoms with Crippen molar-refractivity contribution in [3.05, 3.63) is 12.2 Å². The lowest BCUT2D eigenvalue weighted by Gasteiger charge is -2.13. The monoisotopic (exact) mass is 268 g/mol. The number of amides is 3. The van der Waals surface area contributed by atoms with Gasteiger partial charge in [-0.25, -0.2) is 0 Å². The summed E-state index contributed by atoms with van der Waals surface area (Å²) in [5.74, 6) is -0.615. The second kappa shape index (κ2) is 7.68. The van der Waals surface area contributed by atoms with Crippen molar-refractivity contribution in [2.75, 3.05) is 13.2 Å². The number of unbranched alkanes of at least 4 members (excludes halogenated alkanes) is 2. The molecule has 0 aromatic rings. The maximum Gasteiger partial charge on any atom is 0.253 e. The Morgan fingerprint density at radius 2 is 1.89 bits per heavy atom. The number of hydrogen-bond acceptors (Lipinski definition) is 4. The number of nitrogens with zero attached hydrogens (tertiary/aromatic N) is 1. The lowest BCUT2D eigenvalue weighted by molar-refractivity contribution is -0.137. The first-order chi connectivity index (χ1) is 9.04. The zero-order chi connectivity index (χ0) is 14.3. The summed E-state index contributed by atoms with van der Waals surface area (Å²) in [7, 11) is 0. The molecule has 0 spiro atoms. The third-order valence-electron chi connectivity index (χ3n) is 2.87. The van der Waals surface area contributed by atoms with E-state index in [0.29, 0.717) is 25.8 Å². The highest BCUT2D eigenvalue weighted by Crippen LogP contribution is 2.07. The summed E-state index contributed by atoms with van der Waals surface area (Å²) in [4.78, 5) is 35.1. The fourth-order valence-corrected chi connectivity index (χ4v) is 1.78. The van der Waals surface area contributed by atoms with Crippen LogP contribution in [0.4, 0.5) is 0 Å². The van der Waals surface area contributed by atoms with Crippen molar-refractivity contribution in [3.8, 4) is 0 Å².